The number of oxazole rings is 1. The van der Waals surface area contributed by atoms with E-state index in [0.717, 1.165) is 5.56 Å². The highest BCUT2D eigenvalue weighted by Gasteiger charge is 2.21. The zero-order valence-electron chi connectivity index (χ0n) is 13.0. The number of sulfonamides is 1. The molecule has 0 fully saturated rings. The van der Waals surface area contributed by atoms with E-state index in [1.807, 2.05) is 30.3 Å². The second-order valence-electron chi connectivity index (χ2n) is 5.13. The van der Waals surface area contributed by atoms with Crippen LogP contribution in [0.1, 0.15) is 5.76 Å². The van der Waals surface area contributed by atoms with Gasteiger partial charge in [-0.1, -0.05) is 42.5 Å². The first kappa shape index (κ1) is 16.4. The summed E-state index contributed by atoms with van der Waals surface area (Å²) in [6.07, 6.45) is 0. The number of nitrogens with two attached hydrogens (primary N) is 1. The third-order valence-electron chi connectivity index (χ3n) is 3.44. The standard InChI is InChI=1S/C17H16N2O4S/c1-22-11-14-16(12-7-3-2-4-8-12)19-17(23-14)13-9-5-6-10-15(13)24(18,20)21/h2-10H,11H2,1H3,(H2,18,20,21). The van der Waals surface area contributed by atoms with Crippen molar-refractivity contribution in [1.82, 2.24) is 4.98 Å². The molecule has 0 unspecified atom stereocenters. The Hall–Kier alpha value is -2.48. The van der Waals surface area contributed by atoms with Crippen molar-refractivity contribution in [2.24, 2.45) is 5.14 Å². The number of methoxy groups -OCH3 is 1. The molecule has 0 aliphatic rings. The highest BCUT2D eigenvalue weighted by Crippen LogP contribution is 2.32. The van der Waals surface area contributed by atoms with Gasteiger partial charge in [-0.25, -0.2) is 18.5 Å². The molecule has 0 aliphatic heterocycles. The summed E-state index contributed by atoms with van der Waals surface area (Å²) < 4.78 is 34.5. The predicted molar refractivity (Wildman–Crippen MR) is 89.5 cm³/mol. The first-order chi connectivity index (χ1) is 11.5. The number of hydrogen-bond acceptors (Lipinski definition) is 5. The van der Waals surface area contributed by atoms with Crippen LogP contribution in [-0.4, -0.2) is 20.5 Å². The summed E-state index contributed by atoms with van der Waals surface area (Å²) in [5.41, 5.74) is 1.78. The maximum absolute atomic E-state index is 11.8. The average molecular weight is 344 g/mol. The summed E-state index contributed by atoms with van der Waals surface area (Å²) in [6, 6.07) is 15.8. The van der Waals surface area contributed by atoms with Crippen LogP contribution in [0.3, 0.4) is 0 Å². The van der Waals surface area contributed by atoms with Crippen molar-refractivity contribution in [3.05, 3.63) is 60.4 Å². The van der Waals surface area contributed by atoms with Crippen LogP contribution < -0.4 is 5.14 Å². The van der Waals surface area contributed by atoms with E-state index in [1.165, 1.54) is 6.07 Å². The number of hydrogen-bond donors (Lipinski definition) is 1. The van der Waals surface area contributed by atoms with Crippen molar-refractivity contribution < 1.29 is 17.6 Å². The van der Waals surface area contributed by atoms with E-state index in [1.54, 1.807) is 25.3 Å². The lowest BCUT2D eigenvalue weighted by Crippen LogP contribution is -2.13. The molecule has 6 nitrogen and oxygen atoms in total. The Morgan fingerprint density at radius 3 is 2.42 bits per heavy atom. The van der Waals surface area contributed by atoms with Gasteiger partial charge in [0, 0.05) is 12.7 Å². The van der Waals surface area contributed by atoms with Crippen LogP contribution in [0, 0.1) is 0 Å². The van der Waals surface area contributed by atoms with Gasteiger partial charge in [0.15, 0.2) is 5.76 Å². The normalized spacial score (nSPS) is 11.6. The van der Waals surface area contributed by atoms with E-state index in [9.17, 15) is 8.42 Å². The van der Waals surface area contributed by atoms with E-state index in [-0.39, 0.29) is 17.4 Å². The highest BCUT2D eigenvalue weighted by molar-refractivity contribution is 7.89. The van der Waals surface area contributed by atoms with Gasteiger partial charge >= 0.3 is 0 Å². The van der Waals surface area contributed by atoms with Gasteiger partial charge < -0.3 is 9.15 Å². The Morgan fingerprint density at radius 1 is 1.08 bits per heavy atom. The molecule has 2 N–H and O–H groups in total. The summed E-state index contributed by atoms with van der Waals surface area (Å²) in [5, 5.41) is 5.29. The zero-order chi connectivity index (χ0) is 17.2. The van der Waals surface area contributed by atoms with E-state index < -0.39 is 10.0 Å². The number of ether oxygens (including phenoxy) is 1. The van der Waals surface area contributed by atoms with Gasteiger partial charge in [0.1, 0.15) is 12.3 Å². The Morgan fingerprint density at radius 2 is 1.75 bits per heavy atom. The Balaban J connectivity index is 2.18. The van der Waals surface area contributed by atoms with Gasteiger partial charge in [0.2, 0.25) is 15.9 Å². The maximum atomic E-state index is 11.8. The molecule has 0 atom stereocenters. The van der Waals surface area contributed by atoms with Crippen LogP contribution in [0.2, 0.25) is 0 Å². The second kappa shape index (κ2) is 6.56. The van der Waals surface area contributed by atoms with Crippen LogP contribution in [0.25, 0.3) is 22.7 Å². The van der Waals surface area contributed by atoms with Crippen molar-refractivity contribution in [3.8, 4) is 22.7 Å². The minimum Gasteiger partial charge on any atom is -0.438 e. The molecule has 0 aliphatic carbocycles. The van der Waals surface area contributed by atoms with Crippen molar-refractivity contribution in [3.63, 3.8) is 0 Å². The molecule has 7 heteroatoms. The summed E-state index contributed by atoms with van der Waals surface area (Å²) in [7, 11) is -2.34. The molecule has 0 amide bonds. The van der Waals surface area contributed by atoms with Crippen LogP contribution in [0.15, 0.2) is 63.9 Å². The molecule has 1 aromatic heterocycles. The number of aromatic nitrogens is 1. The monoisotopic (exact) mass is 344 g/mol. The van der Waals surface area contributed by atoms with Gasteiger partial charge in [0.25, 0.3) is 0 Å². The average Bonchev–Trinajstić information content (AvgIpc) is 2.99. The number of benzene rings is 2. The van der Waals surface area contributed by atoms with E-state index in [4.69, 9.17) is 14.3 Å². The van der Waals surface area contributed by atoms with Crippen LogP contribution in [0.4, 0.5) is 0 Å². The van der Waals surface area contributed by atoms with E-state index in [0.29, 0.717) is 17.0 Å². The van der Waals surface area contributed by atoms with Crippen LogP contribution in [0.5, 0.6) is 0 Å². The van der Waals surface area contributed by atoms with E-state index >= 15 is 0 Å². The molecule has 0 saturated carbocycles. The fraction of sp³-hybridized carbons (Fsp3) is 0.118. The fourth-order valence-electron chi connectivity index (χ4n) is 2.41. The smallest absolute Gasteiger partial charge is 0.238 e. The lowest BCUT2D eigenvalue weighted by atomic mass is 10.1. The highest BCUT2D eigenvalue weighted by atomic mass is 32.2. The van der Waals surface area contributed by atoms with Crippen LogP contribution >= 0.6 is 0 Å². The molecule has 0 saturated heterocycles. The summed E-state index contributed by atoms with van der Waals surface area (Å²) in [5.74, 6) is 0.702. The maximum Gasteiger partial charge on any atom is 0.238 e. The molecule has 3 aromatic rings. The third-order valence-corrected chi connectivity index (χ3v) is 4.41. The number of nitrogens with zero attached hydrogens (tertiary/aromatic N) is 1. The molecule has 2 aromatic carbocycles. The minimum atomic E-state index is -3.89. The summed E-state index contributed by atoms with van der Waals surface area (Å²) in [4.78, 5) is 4.44. The Labute approximate surface area is 140 Å². The van der Waals surface area contributed by atoms with Gasteiger partial charge in [-0.3, -0.25) is 0 Å². The van der Waals surface area contributed by atoms with Gasteiger partial charge in [0.05, 0.1) is 10.5 Å². The lowest BCUT2D eigenvalue weighted by Gasteiger charge is -2.03. The zero-order valence-corrected chi connectivity index (χ0v) is 13.8. The third kappa shape index (κ3) is 3.23. The number of rotatable bonds is 5. The molecule has 0 spiro atoms. The topological polar surface area (TPSA) is 95.4 Å². The quantitative estimate of drug-likeness (QED) is 0.768. The van der Waals surface area contributed by atoms with Crippen molar-refractivity contribution in [2.45, 2.75) is 11.5 Å². The Kier molecular flexibility index (Phi) is 4.48. The first-order valence-corrected chi connectivity index (χ1v) is 8.71. The minimum absolute atomic E-state index is 0.0326. The van der Waals surface area contributed by atoms with Crippen molar-refractivity contribution in [2.75, 3.05) is 7.11 Å². The van der Waals surface area contributed by atoms with Crippen LogP contribution in [-0.2, 0) is 21.4 Å². The first-order valence-electron chi connectivity index (χ1n) is 7.17. The fourth-order valence-corrected chi connectivity index (χ4v) is 3.14. The van der Waals surface area contributed by atoms with Crippen molar-refractivity contribution >= 4 is 10.0 Å². The Bertz CT molecular complexity index is 950. The largest absolute Gasteiger partial charge is 0.438 e. The van der Waals surface area contributed by atoms with Gasteiger partial charge in [-0.2, -0.15) is 0 Å². The molecule has 0 radical (unpaired) electrons. The molecule has 124 valence electrons. The SMILES string of the molecule is COCc1oc(-c2ccccc2S(N)(=O)=O)nc1-c1ccccc1. The molecular formula is C17H16N2O4S. The molecule has 0 bridgehead atoms. The molecule has 24 heavy (non-hydrogen) atoms. The van der Waals surface area contributed by atoms with Crippen molar-refractivity contribution in [1.29, 1.82) is 0 Å². The molecule has 1 heterocycles. The molecule has 3 rings (SSSR count). The predicted octanol–water partition coefficient (Wildman–Crippen LogP) is 2.80. The lowest BCUT2D eigenvalue weighted by molar-refractivity contribution is 0.165. The summed E-state index contributed by atoms with van der Waals surface area (Å²) >= 11 is 0. The van der Waals surface area contributed by atoms with E-state index in [2.05, 4.69) is 4.98 Å². The molecular weight excluding hydrogens is 328 g/mol. The second-order valence-corrected chi connectivity index (χ2v) is 6.66. The van der Waals surface area contributed by atoms with Gasteiger partial charge in [-0.15, -0.1) is 0 Å². The number of primary sulfonamides is 1. The summed E-state index contributed by atoms with van der Waals surface area (Å²) in [6.45, 7) is 0.217. The van der Waals surface area contributed by atoms with Gasteiger partial charge in [-0.05, 0) is 12.1 Å².